The molecule has 0 saturated carbocycles. The van der Waals surface area contributed by atoms with Crippen molar-refractivity contribution in [3.63, 3.8) is 0 Å². The van der Waals surface area contributed by atoms with Crippen LogP contribution in [0.2, 0.25) is 0 Å². The zero-order valence-electron chi connectivity index (χ0n) is 13.4. The van der Waals surface area contributed by atoms with E-state index >= 15 is 0 Å². The lowest BCUT2D eigenvalue weighted by Gasteiger charge is -2.26. The zero-order valence-corrected chi connectivity index (χ0v) is 14.2. The topological polar surface area (TPSA) is 38.2 Å². The Bertz CT molecular complexity index is 725. The van der Waals surface area contributed by atoms with Crippen LogP contribution in [-0.4, -0.2) is 39.9 Å². The molecule has 0 radical (unpaired) electrons. The molecule has 1 atom stereocenters. The van der Waals surface area contributed by atoms with Crippen LogP contribution < -0.4 is 4.74 Å². The minimum Gasteiger partial charge on any atom is -0.472 e. The second-order valence-corrected chi connectivity index (χ2v) is 6.95. The summed E-state index contributed by atoms with van der Waals surface area (Å²) in [6.45, 7) is 2.03. The maximum Gasteiger partial charge on any atom is 0.253 e. The Morgan fingerprint density at radius 2 is 2.09 bits per heavy atom. The second kappa shape index (κ2) is 6.42. The average Bonchev–Trinajstić information content (AvgIpc) is 3.03. The van der Waals surface area contributed by atoms with Gasteiger partial charge in [0.2, 0.25) is 0 Å². The molecule has 23 heavy (non-hydrogen) atoms. The number of aryl methyl sites for hydroxylation is 1. The Morgan fingerprint density at radius 1 is 1.22 bits per heavy atom. The molecule has 0 bridgehead atoms. The number of rotatable bonds is 3. The molecule has 1 aliphatic heterocycles. The monoisotopic (exact) mass is 327 g/mol. The number of nitrogens with zero attached hydrogens (tertiary/aromatic N) is 3. The van der Waals surface area contributed by atoms with E-state index in [2.05, 4.69) is 51.0 Å². The fourth-order valence-corrected chi connectivity index (χ4v) is 3.96. The summed E-state index contributed by atoms with van der Waals surface area (Å²) < 4.78 is 15.2. The van der Waals surface area contributed by atoms with Gasteiger partial charge >= 0.3 is 0 Å². The third kappa shape index (κ3) is 3.16. The summed E-state index contributed by atoms with van der Waals surface area (Å²) in [6, 6.07) is 8.67. The second-order valence-electron chi connectivity index (χ2n) is 6.43. The molecule has 1 unspecified atom stereocenters. The summed E-state index contributed by atoms with van der Waals surface area (Å²) in [5.74, 6) is 0.723. The lowest BCUT2D eigenvalue weighted by atomic mass is 9.90. The van der Waals surface area contributed by atoms with Gasteiger partial charge in [0.15, 0.2) is 0 Å². The van der Waals surface area contributed by atoms with Crippen molar-refractivity contribution in [1.82, 2.24) is 13.6 Å². The number of ether oxygens (including phenoxy) is 1. The van der Waals surface area contributed by atoms with E-state index < -0.39 is 0 Å². The largest absolute Gasteiger partial charge is 0.472 e. The minimum absolute atomic E-state index is 0.203. The van der Waals surface area contributed by atoms with Crippen molar-refractivity contribution < 1.29 is 4.74 Å². The van der Waals surface area contributed by atoms with Gasteiger partial charge in [0.05, 0.1) is 11.7 Å². The fraction of sp³-hybridized carbons (Fsp3) is 0.444. The van der Waals surface area contributed by atoms with Crippen molar-refractivity contribution in [2.75, 3.05) is 20.1 Å². The van der Waals surface area contributed by atoms with E-state index in [0.29, 0.717) is 0 Å². The van der Waals surface area contributed by atoms with E-state index in [-0.39, 0.29) is 6.10 Å². The maximum atomic E-state index is 6.25. The summed E-state index contributed by atoms with van der Waals surface area (Å²) in [5, 5.41) is 0. The van der Waals surface area contributed by atoms with Gasteiger partial charge in [-0.25, -0.2) is 0 Å². The van der Waals surface area contributed by atoms with Crippen LogP contribution >= 0.6 is 11.7 Å². The quantitative estimate of drug-likeness (QED) is 0.868. The summed E-state index contributed by atoms with van der Waals surface area (Å²) >= 11 is 1.25. The van der Waals surface area contributed by atoms with Crippen molar-refractivity contribution in [1.29, 1.82) is 0 Å². The van der Waals surface area contributed by atoms with Crippen molar-refractivity contribution in [3.8, 4) is 5.88 Å². The molecule has 0 amide bonds. The molecule has 0 saturated heterocycles. The zero-order chi connectivity index (χ0) is 15.6. The highest BCUT2D eigenvalue weighted by Crippen LogP contribution is 2.30. The van der Waals surface area contributed by atoms with E-state index in [4.69, 9.17) is 4.74 Å². The standard InChI is InChI=1S/C18H21N3OS/c1-21-10-4-7-15(12-21)17-18(20-23-19-17)22-16-9-8-13-5-2-3-6-14(13)11-16/h2-3,5-7,16H,4,8-12H2,1H3. The molecular weight excluding hydrogens is 306 g/mol. The highest BCUT2D eigenvalue weighted by molar-refractivity contribution is 6.99. The molecular formula is C18H21N3OS. The van der Waals surface area contributed by atoms with E-state index in [0.717, 1.165) is 50.3 Å². The Labute approximate surface area is 141 Å². The van der Waals surface area contributed by atoms with Crippen molar-refractivity contribution in [2.24, 2.45) is 0 Å². The number of hydrogen-bond acceptors (Lipinski definition) is 5. The first kappa shape index (κ1) is 14.8. The first-order chi connectivity index (χ1) is 11.3. The highest BCUT2D eigenvalue weighted by atomic mass is 32.1. The molecule has 0 fully saturated rings. The third-order valence-electron chi connectivity index (χ3n) is 4.68. The Morgan fingerprint density at radius 3 is 2.96 bits per heavy atom. The van der Waals surface area contributed by atoms with Crippen LogP contribution in [0.15, 0.2) is 30.3 Å². The van der Waals surface area contributed by atoms with Gasteiger partial charge in [-0.2, -0.15) is 4.37 Å². The van der Waals surface area contributed by atoms with Gasteiger partial charge in [-0.05, 0) is 43.0 Å². The van der Waals surface area contributed by atoms with E-state index in [1.807, 2.05) is 0 Å². The van der Waals surface area contributed by atoms with E-state index in [1.54, 1.807) is 0 Å². The molecule has 5 heteroatoms. The van der Waals surface area contributed by atoms with Crippen LogP contribution in [0.25, 0.3) is 5.57 Å². The number of fused-ring (bicyclic) bond motifs is 1. The SMILES string of the molecule is CN1CCC=C(c2nsnc2OC2CCc3ccccc3C2)C1. The Hall–Kier alpha value is -1.72. The molecule has 2 aliphatic rings. The van der Waals surface area contributed by atoms with Gasteiger partial charge in [0, 0.05) is 19.5 Å². The summed E-state index contributed by atoms with van der Waals surface area (Å²) in [6.07, 6.45) is 6.65. The average molecular weight is 327 g/mol. The number of likely N-dealkylation sites (N-methyl/N-ethyl adjacent to an activating group) is 1. The predicted octanol–water partition coefficient (Wildman–Crippen LogP) is 3.19. The molecule has 2 heterocycles. The lowest BCUT2D eigenvalue weighted by Crippen LogP contribution is -2.27. The number of hydrogen-bond donors (Lipinski definition) is 0. The minimum atomic E-state index is 0.203. The third-order valence-corrected chi connectivity index (χ3v) is 5.20. The summed E-state index contributed by atoms with van der Waals surface area (Å²) in [5.41, 5.74) is 5.06. The van der Waals surface area contributed by atoms with Crippen LogP contribution in [-0.2, 0) is 12.8 Å². The molecule has 1 aromatic heterocycles. The van der Waals surface area contributed by atoms with Gasteiger partial charge in [-0.15, -0.1) is 4.37 Å². The van der Waals surface area contributed by atoms with Crippen LogP contribution in [0.5, 0.6) is 5.88 Å². The molecule has 1 aliphatic carbocycles. The van der Waals surface area contributed by atoms with E-state index in [9.17, 15) is 0 Å². The van der Waals surface area contributed by atoms with Crippen LogP contribution in [0.4, 0.5) is 0 Å². The maximum absolute atomic E-state index is 6.25. The Kier molecular flexibility index (Phi) is 4.14. The van der Waals surface area contributed by atoms with Crippen molar-refractivity contribution in [2.45, 2.75) is 31.8 Å². The summed E-state index contributed by atoms with van der Waals surface area (Å²) in [4.78, 5) is 2.31. The highest BCUT2D eigenvalue weighted by Gasteiger charge is 2.24. The van der Waals surface area contributed by atoms with Crippen molar-refractivity contribution >= 4 is 17.3 Å². The smallest absolute Gasteiger partial charge is 0.253 e. The summed E-state index contributed by atoms with van der Waals surface area (Å²) in [7, 11) is 2.14. The fourth-order valence-electron chi connectivity index (χ4n) is 3.44. The van der Waals surface area contributed by atoms with Gasteiger partial charge in [-0.1, -0.05) is 30.3 Å². The molecule has 0 spiro atoms. The van der Waals surface area contributed by atoms with E-state index in [1.165, 1.54) is 28.4 Å². The molecule has 0 N–H and O–H groups in total. The van der Waals surface area contributed by atoms with Crippen LogP contribution in [0, 0.1) is 0 Å². The van der Waals surface area contributed by atoms with Crippen LogP contribution in [0.3, 0.4) is 0 Å². The number of benzene rings is 1. The van der Waals surface area contributed by atoms with Gasteiger partial charge in [-0.3, -0.25) is 0 Å². The normalized spacial score (nSPS) is 21.6. The molecule has 2 aromatic rings. The van der Waals surface area contributed by atoms with Gasteiger partial charge < -0.3 is 9.64 Å². The molecule has 4 rings (SSSR count). The van der Waals surface area contributed by atoms with Crippen molar-refractivity contribution in [3.05, 3.63) is 47.2 Å². The Balaban J connectivity index is 1.51. The molecule has 4 nitrogen and oxygen atoms in total. The molecule has 1 aromatic carbocycles. The lowest BCUT2D eigenvalue weighted by molar-refractivity contribution is 0.178. The molecule has 120 valence electrons. The van der Waals surface area contributed by atoms with Crippen LogP contribution in [0.1, 0.15) is 29.7 Å². The van der Waals surface area contributed by atoms with Gasteiger partial charge in [0.1, 0.15) is 11.8 Å². The predicted molar refractivity (Wildman–Crippen MR) is 92.9 cm³/mol. The number of aromatic nitrogens is 2. The van der Waals surface area contributed by atoms with Gasteiger partial charge in [0.25, 0.3) is 5.88 Å². The first-order valence-electron chi connectivity index (χ1n) is 8.23. The first-order valence-corrected chi connectivity index (χ1v) is 8.96.